The maximum absolute atomic E-state index is 13.0. The fourth-order valence-electron chi connectivity index (χ4n) is 2.92. The second kappa shape index (κ2) is 7.48. The van der Waals surface area contributed by atoms with Crippen LogP contribution < -0.4 is 16.2 Å². The Morgan fingerprint density at radius 1 is 1.07 bits per heavy atom. The largest absolute Gasteiger partial charge is 0.323 e. The summed E-state index contributed by atoms with van der Waals surface area (Å²) < 4.78 is 14.6. The van der Waals surface area contributed by atoms with E-state index in [1.165, 1.54) is 35.6 Å². The van der Waals surface area contributed by atoms with E-state index in [0.29, 0.717) is 27.6 Å². The molecule has 0 bridgehead atoms. The number of urea groups is 1. The summed E-state index contributed by atoms with van der Waals surface area (Å²) >= 11 is 1.39. The van der Waals surface area contributed by atoms with Gasteiger partial charge < -0.3 is 10.6 Å². The minimum atomic E-state index is -0.450. The summed E-state index contributed by atoms with van der Waals surface area (Å²) in [4.78, 5) is 30.1. The third-order valence-electron chi connectivity index (χ3n) is 4.56. The van der Waals surface area contributed by atoms with Crippen LogP contribution in [0.2, 0.25) is 0 Å². The summed E-state index contributed by atoms with van der Waals surface area (Å²) in [5.41, 5.74) is 3.76. The normalized spacial score (nSPS) is 10.9. The first-order valence-corrected chi connectivity index (χ1v) is 9.72. The van der Waals surface area contributed by atoms with Gasteiger partial charge in [-0.15, -0.1) is 11.3 Å². The zero-order valence-corrected chi connectivity index (χ0v) is 16.5. The average molecular weight is 408 g/mol. The Morgan fingerprint density at radius 2 is 1.79 bits per heavy atom. The van der Waals surface area contributed by atoms with E-state index >= 15 is 0 Å². The van der Waals surface area contributed by atoms with Crippen LogP contribution in [0.1, 0.15) is 11.3 Å². The number of fused-ring (bicyclic) bond motifs is 1. The second-order valence-electron chi connectivity index (χ2n) is 6.53. The molecule has 146 valence electrons. The molecule has 0 aliphatic rings. The van der Waals surface area contributed by atoms with Crippen molar-refractivity contribution in [2.24, 2.45) is 0 Å². The standard InChI is InChI=1S/C21H17FN4O2S/c1-12-13(2)23-21-26(19(12)27)18(11-29-21)14-4-3-5-17(10-14)25-20(28)24-16-8-6-15(22)7-9-16/h3-11H,1-2H3,(H2,24,25,28). The number of anilines is 2. The van der Waals surface area contributed by atoms with Crippen molar-refractivity contribution in [1.29, 1.82) is 0 Å². The van der Waals surface area contributed by atoms with Crippen LogP contribution in [0.4, 0.5) is 20.6 Å². The van der Waals surface area contributed by atoms with Gasteiger partial charge in [0.1, 0.15) is 5.82 Å². The van der Waals surface area contributed by atoms with E-state index < -0.39 is 6.03 Å². The third kappa shape index (κ3) is 3.74. The number of rotatable bonds is 3. The molecule has 4 rings (SSSR count). The SMILES string of the molecule is Cc1nc2scc(-c3cccc(NC(=O)Nc4ccc(F)cc4)c3)n2c(=O)c1C. The summed E-state index contributed by atoms with van der Waals surface area (Å²) in [6.07, 6.45) is 0. The van der Waals surface area contributed by atoms with Crippen LogP contribution in [0.3, 0.4) is 0 Å². The van der Waals surface area contributed by atoms with Gasteiger partial charge in [-0.2, -0.15) is 0 Å². The number of nitrogens with one attached hydrogen (secondary N) is 2. The van der Waals surface area contributed by atoms with E-state index in [9.17, 15) is 14.0 Å². The molecular weight excluding hydrogens is 391 g/mol. The Kier molecular flexibility index (Phi) is 4.85. The Morgan fingerprint density at radius 3 is 2.55 bits per heavy atom. The van der Waals surface area contributed by atoms with Gasteiger partial charge in [-0.3, -0.25) is 9.20 Å². The molecule has 0 saturated carbocycles. The number of amides is 2. The molecule has 2 aromatic heterocycles. The Hall–Kier alpha value is -3.52. The second-order valence-corrected chi connectivity index (χ2v) is 7.37. The zero-order valence-electron chi connectivity index (χ0n) is 15.7. The lowest BCUT2D eigenvalue weighted by Gasteiger charge is -2.09. The number of halogens is 1. The maximum Gasteiger partial charge on any atom is 0.323 e. The van der Waals surface area contributed by atoms with Gasteiger partial charge in [0.2, 0.25) is 0 Å². The van der Waals surface area contributed by atoms with E-state index in [4.69, 9.17) is 0 Å². The van der Waals surface area contributed by atoms with Crippen molar-refractivity contribution in [1.82, 2.24) is 9.38 Å². The maximum atomic E-state index is 13.0. The van der Waals surface area contributed by atoms with Crippen molar-refractivity contribution in [2.45, 2.75) is 13.8 Å². The van der Waals surface area contributed by atoms with E-state index in [1.807, 2.05) is 18.4 Å². The molecule has 0 aliphatic heterocycles. The summed E-state index contributed by atoms with van der Waals surface area (Å²) in [5, 5.41) is 7.27. The van der Waals surface area contributed by atoms with Crippen LogP contribution in [0.5, 0.6) is 0 Å². The number of nitrogens with zero attached hydrogens (tertiary/aromatic N) is 2. The van der Waals surface area contributed by atoms with Crippen molar-refractivity contribution in [2.75, 3.05) is 10.6 Å². The molecule has 2 aromatic carbocycles. The van der Waals surface area contributed by atoms with Crippen LogP contribution >= 0.6 is 11.3 Å². The van der Waals surface area contributed by atoms with Crippen molar-refractivity contribution >= 4 is 33.7 Å². The number of hydrogen-bond donors (Lipinski definition) is 2. The highest BCUT2D eigenvalue weighted by Crippen LogP contribution is 2.26. The predicted octanol–water partition coefficient (Wildman–Crippen LogP) is 4.82. The van der Waals surface area contributed by atoms with Gasteiger partial charge in [-0.25, -0.2) is 14.2 Å². The molecular formula is C21H17FN4O2S. The summed E-state index contributed by atoms with van der Waals surface area (Å²) in [6.45, 7) is 3.58. The lowest BCUT2D eigenvalue weighted by Crippen LogP contribution is -2.20. The number of carbonyl (C=O) groups is 1. The molecule has 2 N–H and O–H groups in total. The number of benzene rings is 2. The molecule has 8 heteroatoms. The summed E-state index contributed by atoms with van der Waals surface area (Å²) in [5.74, 6) is -0.373. The minimum absolute atomic E-state index is 0.101. The van der Waals surface area contributed by atoms with Crippen molar-refractivity contribution in [3.63, 3.8) is 0 Å². The van der Waals surface area contributed by atoms with E-state index in [0.717, 1.165) is 11.3 Å². The molecule has 0 unspecified atom stereocenters. The zero-order chi connectivity index (χ0) is 20.5. The average Bonchev–Trinajstić information content (AvgIpc) is 3.12. The van der Waals surface area contributed by atoms with Crippen molar-refractivity contribution < 1.29 is 9.18 Å². The van der Waals surface area contributed by atoms with Crippen LogP contribution in [-0.4, -0.2) is 15.4 Å². The quantitative estimate of drug-likeness (QED) is 0.510. The molecule has 2 amide bonds. The number of hydrogen-bond acceptors (Lipinski definition) is 4. The molecule has 0 atom stereocenters. The minimum Gasteiger partial charge on any atom is -0.308 e. The fourth-order valence-corrected chi connectivity index (χ4v) is 3.85. The van der Waals surface area contributed by atoms with Gasteiger partial charge in [-0.1, -0.05) is 12.1 Å². The van der Waals surface area contributed by atoms with Gasteiger partial charge in [-0.05, 0) is 50.2 Å². The smallest absolute Gasteiger partial charge is 0.308 e. The molecule has 0 fully saturated rings. The molecule has 6 nitrogen and oxygen atoms in total. The Balaban J connectivity index is 1.62. The monoisotopic (exact) mass is 408 g/mol. The van der Waals surface area contributed by atoms with Crippen LogP contribution in [0.25, 0.3) is 16.2 Å². The molecule has 0 aliphatic carbocycles. The summed E-state index contributed by atoms with van der Waals surface area (Å²) in [7, 11) is 0. The van der Waals surface area contributed by atoms with E-state index in [1.54, 1.807) is 29.5 Å². The summed E-state index contributed by atoms with van der Waals surface area (Å²) in [6, 6.07) is 12.2. The first-order chi connectivity index (χ1) is 13.9. The van der Waals surface area contributed by atoms with E-state index in [2.05, 4.69) is 15.6 Å². The van der Waals surface area contributed by atoms with Gasteiger partial charge in [0.05, 0.1) is 5.69 Å². The third-order valence-corrected chi connectivity index (χ3v) is 5.38. The number of thiazole rings is 1. The fraction of sp³-hybridized carbons (Fsp3) is 0.0952. The highest BCUT2D eigenvalue weighted by atomic mass is 32.1. The highest BCUT2D eigenvalue weighted by molar-refractivity contribution is 7.15. The van der Waals surface area contributed by atoms with Gasteiger partial charge in [0.25, 0.3) is 5.56 Å². The van der Waals surface area contributed by atoms with E-state index in [-0.39, 0.29) is 11.4 Å². The number of aryl methyl sites for hydroxylation is 1. The molecule has 0 saturated heterocycles. The Bertz CT molecular complexity index is 1280. The van der Waals surface area contributed by atoms with Crippen molar-refractivity contribution in [3.05, 3.63) is 81.3 Å². The van der Waals surface area contributed by atoms with Crippen LogP contribution in [0, 0.1) is 19.7 Å². The molecule has 0 radical (unpaired) electrons. The lowest BCUT2D eigenvalue weighted by molar-refractivity contribution is 0.262. The molecule has 29 heavy (non-hydrogen) atoms. The highest BCUT2D eigenvalue weighted by Gasteiger charge is 2.13. The van der Waals surface area contributed by atoms with Gasteiger partial charge in [0.15, 0.2) is 4.96 Å². The molecule has 2 heterocycles. The molecule has 0 spiro atoms. The van der Waals surface area contributed by atoms with Gasteiger partial charge >= 0.3 is 6.03 Å². The number of carbonyl (C=O) groups excluding carboxylic acids is 1. The first kappa shape index (κ1) is 18.8. The van der Waals surface area contributed by atoms with Crippen LogP contribution in [0.15, 0.2) is 58.7 Å². The predicted molar refractivity (Wildman–Crippen MR) is 113 cm³/mol. The van der Waals surface area contributed by atoms with Gasteiger partial charge in [0, 0.05) is 33.6 Å². The van der Waals surface area contributed by atoms with Crippen LogP contribution in [-0.2, 0) is 0 Å². The first-order valence-electron chi connectivity index (χ1n) is 8.84. The Labute approximate surface area is 169 Å². The topological polar surface area (TPSA) is 75.5 Å². The van der Waals surface area contributed by atoms with Crippen molar-refractivity contribution in [3.8, 4) is 11.3 Å². The number of aromatic nitrogens is 2. The molecule has 4 aromatic rings. The lowest BCUT2D eigenvalue weighted by atomic mass is 10.1.